The Bertz CT molecular complexity index is 1020. The van der Waals surface area contributed by atoms with Crippen molar-refractivity contribution in [3.63, 3.8) is 0 Å². The molecule has 3 aromatic heterocycles. The normalized spacial score (nSPS) is 20.7. The van der Waals surface area contributed by atoms with Crippen LogP contribution in [0.15, 0.2) is 12.1 Å². The maximum atomic E-state index is 13.2. The van der Waals surface area contributed by atoms with E-state index >= 15 is 0 Å². The second-order valence-electron chi connectivity index (χ2n) is 7.70. The van der Waals surface area contributed by atoms with E-state index in [1.807, 2.05) is 4.90 Å². The van der Waals surface area contributed by atoms with Crippen LogP contribution >= 0.6 is 0 Å². The fourth-order valence-electron chi connectivity index (χ4n) is 4.33. The number of aromatic nitrogens is 7. The van der Waals surface area contributed by atoms with E-state index in [1.54, 1.807) is 6.07 Å². The van der Waals surface area contributed by atoms with Gasteiger partial charge in [-0.2, -0.15) is 17.7 Å². The second kappa shape index (κ2) is 6.96. The number of anilines is 1. The lowest BCUT2D eigenvalue weighted by molar-refractivity contribution is -0.146. The Morgan fingerprint density at radius 3 is 2.69 bits per heavy atom. The smallest absolute Gasteiger partial charge is 0.354 e. The van der Waals surface area contributed by atoms with Crippen molar-refractivity contribution in [3.8, 4) is 0 Å². The van der Waals surface area contributed by atoms with Crippen molar-refractivity contribution in [2.45, 2.75) is 57.2 Å². The second-order valence-corrected chi connectivity index (χ2v) is 7.70. The summed E-state index contributed by atoms with van der Waals surface area (Å²) in [5, 5.41) is 19.9. The molecule has 154 valence electrons. The van der Waals surface area contributed by atoms with Crippen LogP contribution in [-0.4, -0.2) is 47.7 Å². The van der Waals surface area contributed by atoms with Crippen molar-refractivity contribution in [1.29, 1.82) is 0 Å². The van der Waals surface area contributed by atoms with E-state index in [2.05, 4.69) is 30.1 Å². The summed E-state index contributed by atoms with van der Waals surface area (Å²) in [4.78, 5) is 2.02. The van der Waals surface area contributed by atoms with Crippen molar-refractivity contribution >= 4 is 11.5 Å². The summed E-state index contributed by atoms with van der Waals surface area (Å²) in [7, 11) is 0. The van der Waals surface area contributed by atoms with E-state index in [1.165, 1.54) is 12.5 Å². The minimum absolute atomic E-state index is 0.0809. The molecule has 0 bridgehead atoms. The third kappa shape index (κ3) is 3.32. The largest absolute Gasteiger partial charge is 0.453 e. The first-order chi connectivity index (χ1) is 14.0. The molecule has 29 heavy (non-hydrogen) atoms. The molecule has 3 aromatic rings. The van der Waals surface area contributed by atoms with Crippen LogP contribution in [0.5, 0.6) is 0 Å². The Kier molecular flexibility index (Phi) is 4.39. The highest BCUT2D eigenvalue weighted by atomic mass is 19.4. The predicted octanol–water partition coefficient (Wildman–Crippen LogP) is 2.85. The molecule has 0 aromatic carbocycles. The lowest BCUT2D eigenvalue weighted by Gasteiger charge is -2.33. The number of aryl methyl sites for hydroxylation is 1. The molecular formula is C18H21F3N8. The topological polar surface area (TPSA) is 77.0 Å². The van der Waals surface area contributed by atoms with Crippen molar-refractivity contribution in [3.05, 3.63) is 29.6 Å². The molecule has 0 radical (unpaired) electrons. The first-order valence-corrected chi connectivity index (χ1v) is 9.97. The zero-order valence-corrected chi connectivity index (χ0v) is 15.8. The molecule has 0 aliphatic carbocycles. The summed E-state index contributed by atoms with van der Waals surface area (Å²) < 4.78 is 42.5. The third-order valence-corrected chi connectivity index (χ3v) is 5.75. The Morgan fingerprint density at radius 1 is 0.931 bits per heavy atom. The van der Waals surface area contributed by atoms with Crippen molar-refractivity contribution in [2.75, 3.05) is 18.0 Å². The molecule has 2 aliphatic heterocycles. The van der Waals surface area contributed by atoms with Gasteiger partial charge in [-0.15, -0.1) is 25.5 Å². The molecule has 0 spiro atoms. The van der Waals surface area contributed by atoms with E-state index in [0.717, 1.165) is 61.4 Å². The van der Waals surface area contributed by atoms with Gasteiger partial charge in [-0.25, -0.2) is 0 Å². The maximum Gasteiger partial charge on any atom is 0.453 e. The summed E-state index contributed by atoms with van der Waals surface area (Å²) in [6.45, 7) is 2.33. The van der Waals surface area contributed by atoms with Crippen molar-refractivity contribution < 1.29 is 13.2 Å². The van der Waals surface area contributed by atoms with E-state index in [0.29, 0.717) is 12.4 Å². The fraction of sp³-hybridized carbons (Fsp3) is 0.611. The molecule has 2 aliphatic rings. The molecule has 1 fully saturated rings. The first kappa shape index (κ1) is 18.3. The number of piperidine rings is 1. The molecule has 0 amide bonds. The van der Waals surface area contributed by atoms with Gasteiger partial charge < -0.3 is 9.47 Å². The number of alkyl halides is 3. The highest BCUT2D eigenvalue weighted by Gasteiger charge is 2.38. The molecule has 0 N–H and O–H groups in total. The summed E-state index contributed by atoms with van der Waals surface area (Å²) in [5.41, 5.74) is 0.0809. The van der Waals surface area contributed by atoms with Gasteiger partial charge in [0.15, 0.2) is 5.65 Å². The quantitative estimate of drug-likeness (QED) is 0.651. The zero-order valence-electron chi connectivity index (χ0n) is 15.8. The lowest BCUT2D eigenvalue weighted by Crippen LogP contribution is -2.36. The number of hydrogen-bond donors (Lipinski definition) is 0. The molecule has 11 heteroatoms. The highest BCUT2D eigenvalue weighted by molar-refractivity contribution is 5.46. The van der Waals surface area contributed by atoms with Crippen LogP contribution in [0.2, 0.25) is 0 Å². The highest BCUT2D eigenvalue weighted by Crippen LogP contribution is 2.31. The number of fused-ring (bicyclic) bond motifs is 2. The SMILES string of the molecule is FC(F)(F)c1nnc2ccc(N3CCCC(c4nnc5n4CCCCC5)C3)nn12. The van der Waals surface area contributed by atoms with E-state index in [4.69, 9.17) is 0 Å². The van der Waals surface area contributed by atoms with Crippen LogP contribution in [0.3, 0.4) is 0 Å². The van der Waals surface area contributed by atoms with Gasteiger partial charge in [0.1, 0.15) is 17.5 Å². The maximum absolute atomic E-state index is 13.2. The Labute approximate surface area is 164 Å². The van der Waals surface area contributed by atoms with Crippen LogP contribution in [0, 0.1) is 0 Å². The average Bonchev–Trinajstić information content (AvgIpc) is 3.25. The fourth-order valence-corrected chi connectivity index (χ4v) is 4.33. The standard InChI is InChI=1S/C18H21F3N8/c19-18(20,21)17-25-23-14-7-8-15(26-29(14)17)27-9-4-5-12(11-27)16-24-22-13-6-2-1-3-10-28(13)16/h7-8,12H,1-6,9-11H2. The number of nitrogens with zero attached hydrogens (tertiary/aromatic N) is 8. The number of hydrogen-bond acceptors (Lipinski definition) is 6. The van der Waals surface area contributed by atoms with Gasteiger partial charge in [-0.1, -0.05) is 6.42 Å². The summed E-state index contributed by atoms with van der Waals surface area (Å²) >= 11 is 0. The summed E-state index contributed by atoms with van der Waals surface area (Å²) in [6.07, 6.45) is 1.71. The van der Waals surface area contributed by atoms with Gasteiger partial charge in [0.2, 0.25) is 0 Å². The van der Waals surface area contributed by atoms with Crippen LogP contribution in [0.4, 0.5) is 19.0 Å². The number of halogens is 3. The van der Waals surface area contributed by atoms with Gasteiger partial charge in [0.25, 0.3) is 5.82 Å². The van der Waals surface area contributed by atoms with E-state index in [-0.39, 0.29) is 11.6 Å². The van der Waals surface area contributed by atoms with Crippen LogP contribution < -0.4 is 4.90 Å². The molecule has 0 saturated carbocycles. The van der Waals surface area contributed by atoms with Gasteiger partial charge in [0, 0.05) is 32.0 Å². The van der Waals surface area contributed by atoms with Crippen LogP contribution in [-0.2, 0) is 19.1 Å². The molecule has 1 saturated heterocycles. The van der Waals surface area contributed by atoms with Gasteiger partial charge >= 0.3 is 6.18 Å². The summed E-state index contributed by atoms with van der Waals surface area (Å²) in [5.74, 6) is 1.61. The Balaban J connectivity index is 1.43. The van der Waals surface area contributed by atoms with Gasteiger partial charge in [-0.3, -0.25) is 0 Å². The molecule has 5 rings (SSSR count). The molecule has 1 unspecified atom stereocenters. The van der Waals surface area contributed by atoms with E-state index < -0.39 is 12.0 Å². The first-order valence-electron chi connectivity index (χ1n) is 9.97. The lowest BCUT2D eigenvalue weighted by atomic mass is 9.97. The molecule has 5 heterocycles. The van der Waals surface area contributed by atoms with Gasteiger partial charge in [-0.05, 0) is 37.8 Å². The molecule has 1 atom stereocenters. The van der Waals surface area contributed by atoms with Crippen molar-refractivity contribution in [2.24, 2.45) is 0 Å². The monoisotopic (exact) mass is 406 g/mol. The third-order valence-electron chi connectivity index (χ3n) is 5.75. The zero-order chi connectivity index (χ0) is 20.0. The minimum atomic E-state index is -4.60. The predicted molar refractivity (Wildman–Crippen MR) is 97.5 cm³/mol. The summed E-state index contributed by atoms with van der Waals surface area (Å²) in [6, 6.07) is 3.23. The average molecular weight is 406 g/mol. The van der Waals surface area contributed by atoms with Crippen molar-refractivity contribution in [1.82, 2.24) is 34.6 Å². The molecular weight excluding hydrogens is 385 g/mol. The Hall–Kier alpha value is -2.72. The van der Waals surface area contributed by atoms with Crippen LogP contribution in [0.25, 0.3) is 5.65 Å². The molecule has 8 nitrogen and oxygen atoms in total. The van der Waals surface area contributed by atoms with Crippen LogP contribution in [0.1, 0.15) is 55.5 Å². The minimum Gasteiger partial charge on any atom is -0.354 e. The Morgan fingerprint density at radius 2 is 1.83 bits per heavy atom. The van der Waals surface area contributed by atoms with Gasteiger partial charge in [0.05, 0.1) is 0 Å². The number of rotatable bonds is 2. The van der Waals surface area contributed by atoms with E-state index in [9.17, 15) is 13.2 Å².